The lowest BCUT2D eigenvalue weighted by atomic mass is 10.1. The van der Waals surface area contributed by atoms with Gasteiger partial charge in [0, 0.05) is 61.9 Å². The normalized spacial score (nSPS) is 11.6. The molecule has 2 aromatic carbocycles. The molecule has 0 N–H and O–H groups in total. The fourth-order valence-corrected chi connectivity index (χ4v) is 10.6. The molecule has 0 bridgehead atoms. The molecule has 8 rings (SSSR count). The van der Waals surface area contributed by atoms with E-state index < -0.39 is 32.0 Å². The molecular weight excluding hydrogens is 925 g/mol. The van der Waals surface area contributed by atoms with Gasteiger partial charge in [-0.15, -0.1) is 22.7 Å². The monoisotopic (exact) mass is 958 g/mol. The second-order valence-electron chi connectivity index (χ2n) is 13.2. The van der Waals surface area contributed by atoms with Crippen molar-refractivity contribution in [3.05, 3.63) is 134 Å². The highest BCUT2D eigenvalue weighted by molar-refractivity contribution is 9.10. The summed E-state index contributed by atoms with van der Waals surface area (Å²) in [5.74, 6) is -1.02. The number of thiazole rings is 2. The van der Waals surface area contributed by atoms with Crippen molar-refractivity contribution in [3.8, 4) is 22.5 Å². The van der Waals surface area contributed by atoms with Gasteiger partial charge in [-0.05, 0) is 85.6 Å². The number of hydrogen-bond acceptors (Lipinski definition) is 14. The van der Waals surface area contributed by atoms with Crippen molar-refractivity contribution in [2.45, 2.75) is 37.5 Å². The summed E-state index contributed by atoms with van der Waals surface area (Å²) in [6.07, 6.45) is 8.13. The highest BCUT2D eigenvalue weighted by atomic mass is 79.9. The average molecular weight is 960 g/mol. The highest BCUT2D eigenvalue weighted by Crippen LogP contribution is 2.36. The van der Waals surface area contributed by atoms with E-state index in [0.29, 0.717) is 43.4 Å². The third-order valence-electron chi connectivity index (χ3n) is 8.73. The van der Waals surface area contributed by atoms with Gasteiger partial charge in [0.25, 0.3) is 20.0 Å². The van der Waals surface area contributed by atoms with Crippen LogP contribution in [0.15, 0.2) is 128 Å². The first-order chi connectivity index (χ1) is 29.2. The number of carbonyl (C=O) groups excluding carboxylic acids is 2. The second kappa shape index (κ2) is 18.0. The van der Waals surface area contributed by atoms with Crippen LogP contribution in [0.3, 0.4) is 0 Å². The van der Waals surface area contributed by atoms with Gasteiger partial charge >= 0.3 is 11.9 Å². The maximum Gasteiger partial charge on any atom is 0.367 e. The van der Waals surface area contributed by atoms with Gasteiger partial charge in [0.15, 0.2) is 11.3 Å². The van der Waals surface area contributed by atoms with Crippen molar-refractivity contribution in [3.63, 3.8) is 0 Å². The first kappa shape index (κ1) is 43.2. The molecule has 312 valence electrons. The Morgan fingerprint density at radius 1 is 0.689 bits per heavy atom. The van der Waals surface area contributed by atoms with Crippen molar-refractivity contribution >= 4 is 98.7 Å². The van der Waals surface area contributed by atoms with Crippen LogP contribution < -0.4 is 0 Å². The van der Waals surface area contributed by atoms with Gasteiger partial charge in [-0.1, -0.05) is 48.0 Å². The third-order valence-corrected chi connectivity index (χ3v) is 14.1. The largest absolute Gasteiger partial charge is 0.461 e. The summed E-state index contributed by atoms with van der Waals surface area (Å²) in [5.41, 5.74) is 4.59. The topological polar surface area (TPSA) is 182 Å². The smallest absolute Gasteiger partial charge is 0.367 e. The minimum atomic E-state index is -3.88. The maximum absolute atomic E-state index is 13.4. The van der Waals surface area contributed by atoms with Crippen LogP contribution in [0.1, 0.15) is 52.9 Å². The molecule has 0 aliphatic heterocycles. The maximum atomic E-state index is 13.4. The SMILES string of the molecule is CCOC(=O)c1nc(-c2cn(S(=O)(=O)c3ccccc3)c3ncc(Br)cc23)cs1.CCOC(=O)c1nc(-c2cn(S(=O)(=O)c3ccccc3)c3ncc(C=C(C)C)cc23)cs1. The Bertz CT molecular complexity index is 3170. The van der Waals surface area contributed by atoms with E-state index in [1.807, 2.05) is 26.0 Å². The summed E-state index contributed by atoms with van der Waals surface area (Å²) in [5, 5.41) is 5.05. The number of aromatic nitrogens is 6. The van der Waals surface area contributed by atoms with Gasteiger partial charge in [0.2, 0.25) is 10.0 Å². The number of hydrogen-bond donors (Lipinski definition) is 0. The van der Waals surface area contributed by atoms with Crippen molar-refractivity contribution in [2.24, 2.45) is 0 Å². The summed E-state index contributed by atoms with van der Waals surface area (Å²) >= 11 is 5.67. The number of benzene rings is 2. The van der Waals surface area contributed by atoms with E-state index >= 15 is 0 Å². The quantitative estimate of drug-likeness (QED) is 0.112. The Morgan fingerprint density at radius 3 is 1.57 bits per heavy atom. The van der Waals surface area contributed by atoms with E-state index in [9.17, 15) is 26.4 Å². The molecule has 0 radical (unpaired) electrons. The van der Waals surface area contributed by atoms with Crippen molar-refractivity contribution in [1.29, 1.82) is 0 Å². The Kier molecular flexibility index (Phi) is 12.8. The Morgan fingerprint density at radius 2 is 1.13 bits per heavy atom. The van der Waals surface area contributed by atoms with E-state index in [2.05, 4.69) is 35.9 Å². The molecule has 0 aliphatic carbocycles. The lowest BCUT2D eigenvalue weighted by Crippen LogP contribution is -2.12. The molecule has 6 aromatic heterocycles. The van der Waals surface area contributed by atoms with Crippen LogP contribution in [-0.2, 0) is 29.5 Å². The van der Waals surface area contributed by atoms with Gasteiger partial charge < -0.3 is 9.47 Å². The number of halogens is 1. The number of carbonyl (C=O) groups is 2. The summed E-state index contributed by atoms with van der Waals surface area (Å²) in [7, 11) is -7.74. The molecule has 0 atom stereocenters. The van der Waals surface area contributed by atoms with E-state index in [4.69, 9.17) is 9.47 Å². The standard InChI is InChI=1S/C23H21N3O4S2.C19H14BrN3O4S2/c1-4-30-23(27)22-25-20(14-31-22)19-13-26(32(28,29)17-8-6-5-7-9-17)21-18(19)11-16(12-24-21)10-15(2)3;1-2-27-19(24)18-22-16(11-28-18)15-10-23(17-14(15)8-12(20)9-21-17)29(25,26)13-6-4-3-5-7-13/h5-14H,4H2,1-3H3;3-11H,2H2,1H3. The number of nitrogens with zero attached hydrogens (tertiary/aromatic N) is 6. The zero-order valence-corrected chi connectivity index (χ0v) is 37.7. The lowest BCUT2D eigenvalue weighted by molar-refractivity contribution is 0.0516. The van der Waals surface area contributed by atoms with Crippen LogP contribution in [0.4, 0.5) is 0 Å². The number of allylic oxidation sites excluding steroid dienone is 1. The average Bonchev–Trinajstić information content (AvgIpc) is 4.07. The van der Waals surface area contributed by atoms with E-state index in [-0.39, 0.29) is 38.7 Å². The predicted molar refractivity (Wildman–Crippen MR) is 239 cm³/mol. The highest BCUT2D eigenvalue weighted by Gasteiger charge is 2.26. The van der Waals surface area contributed by atoms with Crippen LogP contribution >= 0.6 is 38.6 Å². The molecule has 8 aromatic rings. The first-order valence-electron chi connectivity index (χ1n) is 18.4. The molecular formula is C42H35BrN6O8S4. The molecule has 0 fully saturated rings. The molecule has 0 amide bonds. The summed E-state index contributed by atoms with van der Waals surface area (Å²) in [6.45, 7) is 7.89. The first-order valence-corrected chi connectivity index (χ1v) is 23.9. The van der Waals surface area contributed by atoms with Gasteiger partial charge in [0.1, 0.15) is 0 Å². The van der Waals surface area contributed by atoms with Crippen LogP contribution in [0.25, 0.3) is 50.7 Å². The molecule has 61 heavy (non-hydrogen) atoms. The minimum absolute atomic E-state index is 0.152. The molecule has 6 heterocycles. The molecule has 0 saturated heterocycles. The summed E-state index contributed by atoms with van der Waals surface area (Å²) < 4.78 is 66.2. The van der Waals surface area contributed by atoms with Crippen LogP contribution in [0, 0.1) is 0 Å². The Balaban J connectivity index is 0.000000185. The van der Waals surface area contributed by atoms with Crippen molar-refractivity contribution in [1.82, 2.24) is 27.9 Å². The molecule has 0 saturated carbocycles. The molecule has 0 unspecified atom stereocenters. The van der Waals surface area contributed by atoms with Crippen LogP contribution in [0.2, 0.25) is 0 Å². The molecule has 0 aliphatic rings. The number of pyridine rings is 2. The van der Waals surface area contributed by atoms with Gasteiger partial charge in [-0.2, -0.15) is 0 Å². The number of esters is 2. The number of ether oxygens (including phenoxy) is 2. The fraction of sp³-hybridized carbons (Fsp3) is 0.143. The van der Waals surface area contributed by atoms with Gasteiger partial charge in [-0.25, -0.2) is 54.3 Å². The van der Waals surface area contributed by atoms with E-state index in [0.717, 1.165) is 37.8 Å². The Labute approximate surface area is 367 Å². The van der Waals surface area contributed by atoms with Gasteiger partial charge in [-0.3, -0.25) is 0 Å². The lowest BCUT2D eigenvalue weighted by Gasteiger charge is -2.06. The third kappa shape index (κ3) is 8.96. The summed E-state index contributed by atoms with van der Waals surface area (Å²) in [4.78, 5) is 41.9. The molecule has 0 spiro atoms. The van der Waals surface area contributed by atoms with Gasteiger partial charge in [0.05, 0.1) is 34.4 Å². The molecule has 19 heteroatoms. The zero-order valence-electron chi connectivity index (χ0n) is 32.8. The van der Waals surface area contributed by atoms with Crippen molar-refractivity contribution in [2.75, 3.05) is 13.2 Å². The van der Waals surface area contributed by atoms with E-state index in [1.54, 1.807) is 85.4 Å². The van der Waals surface area contributed by atoms with E-state index in [1.165, 1.54) is 34.7 Å². The Hall–Kier alpha value is -5.86. The summed E-state index contributed by atoms with van der Waals surface area (Å²) in [6, 6.07) is 20.0. The minimum Gasteiger partial charge on any atom is -0.461 e. The number of fused-ring (bicyclic) bond motifs is 2. The zero-order chi connectivity index (χ0) is 43.5. The predicted octanol–water partition coefficient (Wildman–Crippen LogP) is 9.33. The number of rotatable bonds is 11. The molecule has 14 nitrogen and oxygen atoms in total. The fourth-order valence-electron chi connectivity index (χ4n) is 6.12. The van der Waals surface area contributed by atoms with Crippen molar-refractivity contribution < 1.29 is 35.9 Å². The van der Waals surface area contributed by atoms with Crippen LogP contribution in [0.5, 0.6) is 0 Å². The second-order valence-corrected chi connectivity index (χ2v) is 19.5. The van der Waals surface area contributed by atoms with Crippen LogP contribution in [-0.4, -0.2) is 69.9 Å².